The van der Waals surface area contributed by atoms with Crippen molar-refractivity contribution in [1.82, 2.24) is 0 Å². The molecule has 0 spiro atoms. The molecular formula is C24H45NO2. The number of benzene rings is 1. The number of carbonyl (C=O) groups is 1. The number of carboxylic acid groups (broad SMARTS) is 1. The number of nitrogens with two attached hydrogens (primary N) is 1. The standard InChI is InChI=1S/C11H14O2.C9H19N.2C2H6/c1-9(11(12)13)7-8-10-5-3-2-4-6-10;1-8(2)9(3)6-4-5-7-10;2*1-2/h2-6,9H,7-8H2,1H3,(H,12,13);9H,1,4-7,10H2,2-3H3;2*1-2H3. The van der Waals surface area contributed by atoms with E-state index in [4.69, 9.17) is 10.8 Å². The molecule has 0 aliphatic heterocycles. The highest BCUT2D eigenvalue weighted by molar-refractivity contribution is 5.69. The van der Waals surface area contributed by atoms with E-state index in [-0.39, 0.29) is 5.92 Å². The van der Waals surface area contributed by atoms with Gasteiger partial charge in [-0.2, -0.15) is 0 Å². The van der Waals surface area contributed by atoms with Crippen LogP contribution in [0.25, 0.3) is 0 Å². The van der Waals surface area contributed by atoms with Crippen LogP contribution in [0.5, 0.6) is 0 Å². The third-order valence-electron chi connectivity index (χ3n) is 4.06. The molecule has 1 aromatic carbocycles. The van der Waals surface area contributed by atoms with Crippen LogP contribution in [0.3, 0.4) is 0 Å². The van der Waals surface area contributed by atoms with E-state index >= 15 is 0 Å². The third kappa shape index (κ3) is 20.6. The lowest BCUT2D eigenvalue weighted by molar-refractivity contribution is -0.141. The minimum absolute atomic E-state index is 0.250. The van der Waals surface area contributed by atoms with Gasteiger partial charge in [-0.05, 0) is 50.6 Å². The Morgan fingerprint density at radius 2 is 1.52 bits per heavy atom. The van der Waals surface area contributed by atoms with Gasteiger partial charge in [0.2, 0.25) is 0 Å². The second kappa shape index (κ2) is 22.4. The van der Waals surface area contributed by atoms with Crippen molar-refractivity contribution in [3.63, 3.8) is 0 Å². The van der Waals surface area contributed by atoms with Crippen LogP contribution in [0.2, 0.25) is 0 Å². The molecule has 3 nitrogen and oxygen atoms in total. The number of unbranched alkanes of at least 4 members (excludes halogenated alkanes) is 1. The fourth-order valence-electron chi connectivity index (χ4n) is 1.99. The van der Waals surface area contributed by atoms with Crippen molar-refractivity contribution in [1.29, 1.82) is 0 Å². The van der Waals surface area contributed by atoms with Crippen LogP contribution in [-0.4, -0.2) is 17.6 Å². The molecule has 0 fully saturated rings. The molecule has 0 aromatic heterocycles. The van der Waals surface area contributed by atoms with Gasteiger partial charge in [-0.25, -0.2) is 0 Å². The van der Waals surface area contributed by atoms with E-state index in [2.05, 4.69) is 20.4 Å². The fourth-order valence-corrected chi connectivity index (χ4v) is 1.99. The molecule has 0 aliphatic rings. The molecule has 0 radical (unpaired) electrons. The minimum Gasteiger partial charge on any atom is -0.481 e. The lowest BCUT2D eigenvalue weighted by Crippen LogP contribution is -2.10. The van der Waals surface area contributed by atoms with Crippen molar-refractivity contribution >= 4 is 5.97 Å². The summed E-state index contributed by atoms with van der Waals surface area (Å²) >= 11 is 0. The molecule has 27 heavy (non-hydrogen) atoms. The van der Waals surface area contributed by atoms with Crippen molar-refractivity contribution in [2.75, 3.05) is 6.54 Å². The largest absolute Gasteiger partial charge is 0.481 e. The Balaban J connectivity index is -0.000000369. The molecule has 3 heteroatoms. The highest BCUT2D eigenvalue weighted by atomic mass is 16.4. The maximum absolute atomic E-state index is 10.5. The molecule has 158 valence electrons. The van der Waals surface area contributed by atoms with Gasteiger partial charge in [-0.15, -0.1) is 0 Å². The summed E-state index contributed by atoms with van der Waals surface area (Å²) in [5.74, 6) is -0.289. The first-order valence-electron chi connectivity index (χ1n) is 10.5. The SMILES string of the molecule is C=C(C)C(C)CCCCN.CC.CC.CC(CCc1ccccc1)C(=O)O. The number of rotatable bonds is 9. The molecule has 3 N–H and O–H groups in total. The lowest BCUT2D eigenvalue weighted by atomic mass is 9.98. The number of aryl methyl sites for hydroxylation is 1. The molecule has 0 aliphatic carbocycles. The van der Waals surface area contributed by atoms with E-state index in [1.165, 1.54) is 24.0 Å². The summed E-state index contributed by atoms with van der Waals surface area (Å²) in [6, 6.07) is 9.95. The summed E-state index contributed by atoms with van der Waals surface area (Å²) in [6.07, 6.45) is 5.18. The zero-order chi connectivity index (χ0) is 21.7. The fraction of sp³-hybridized carbons (Fsp3) is 0.625. The number of allylic oxidation sites excluding steroid dienone is 1. The second-order valence-corrected chi connectivity index (χ2v) is 6.30. The Morgan fingerprint density at radius 3 is 1.93 bits per heavy atom. The first-order chi connectivity index (χ1) is 12.9. The van der Waals surface area contributed by atoms with Crippen LogP contribution in [0.15, 0.2) is 42.5 Å². The highest BCUT2D eigenvalue weighted by Crippen LogP contribution is 2.14. The van der Waals surface area contributed by atoms with Gasteiger partial charge in [-0.3, -0.25) is 4.79 Å². The molecule has 0 bridgehead atoms. The van der Waals surface area contributed by atoms with Gasteiger partial charge in [0.25, 0.3) is 0 Å². The quantitative estimate of drug-likeness (QED) is 0.370. The van der Waals surface area contributed by atoms with Gasteiger partial charge in [0.05, 0.1) is 5.92 Å². The molecular weight excluding hydrogens is 334 g/mol. The van der Waals surface area contributed by atoms with E-state index in [0.717, 1.165) is 19.4 Å². The number of aliphatic carboxylic acids is 1. The molecule has 0 saturated carbocycles. The number of carboxylic acids is 1. The van der Waals surface area contributed by atoms with E-state index < -0.39 is 5.97 Å². The van der Waals surface area contributed by atoms with Crippen molar-refractivity contribution < 1.29 is 9.90 Å². The first-order valence-corrected chi connectivity index (χ1v) is 10.5. The maximum atomic E-state index is 10.5. The Labute approximate surface area is 169 Å². The van der Waals surface area contributed by atoms with Gasteiger partial charge in [0, 0.05) is 0 Å². The Hall–Kier alpha value is -1.61. The minimum atomic E-state index is -0.712. The summed E-state index contributed by atoms with van der Waals surface area (Å²) in [7, 11) is 0. The molecule has 1 rings (SSSR count). The Morgan fingerprint density at radius 1 is 1.00 bits per heavy atom. The van der Waals surface area contributed by atoms with E-state index in [9.17, 15) is 4.79 Å². The maximum Gasteiger partial charge on any atom is 0.306 e. The number of hydrogen-bond donors (Lipinski definition) is 2. The average Bonchev–Trinajstić information content (AvgIpc) is 2.70. The first kappa shape index (κ1) is 30.1. The van der Waals surface area contributed by atoms with Gasteiger partial charge >= 0.3 is 5.97 Å². The normalized spacial score (nSPS) is 11.3. The monoisotopic (exact) mass is 379 g/mol. The molecule has 0 amide bonds. The van der Waals surface area contributed by atoms with Crippen LogP contribution in [0.4, 0.5) is 0 Å². The Kier molecular flexibility index (Phi) is 25.0. The van der Waals surface area contributed by atoms with Crippen LogP contribution >= 0.6 is 0 Å². The predicted molar refractivity (Wildman–Crippen MR) is 121 cm³/mol. The Bertz CT molecular complexity index is 443. The predicted octanol–water partition coefficient (Wildman–Crippen LogP) is 6.72. The summed E-state index contributed by atoms with van der Waals surface area (Å²) < 4.78 is 0. The summed E-state index contributed by atoms with van der Waals surface area (Å²) in [5, 5.41) is 8.66. The smallest absolute Gasteiger partial charge is 0.306 e. The molecule has 0 heterocycles. The molecule has 2 unspecified atom stereocenters. The molecule has 1 aromatic rings. The van der Waals surface area contributed by atoms with Crippen molar-refractivity contribution in [3.8, 4) is 0 Å². The van der Waals surface area contributed by atoms with Gasteiger partial charge < -0.3 is 10.8 Å². The van der Waals surface area contributed by atoms with Gasteiger partial charge in [0.1, 0.15) is 0 Å². The van der Waals surface area contributed by atoms with Gasteiger partial charge in [0.15, 0.2) is 0 Å². The van der Waals surface area contributed by atoms with Crippen molar-refractivity contribution in [2.24, 2.45) is 17.6 Å². The van der Waals surface area contributed by atoms with E-state index in [0.29, 0.717) is 12.3 Å². The van der Waals surface area contributed by atoms with Crippen LogP contribution in [0, 0.1) is 11.8 Å². The van der Waals surface area contributed by atoms with E-state index in [1.807, 2.05) is 58.0 Å². The molecule has 2 atom stereocenters. The van der Waals surface area contributed by atoms with E-state index in [1.54, 1.807) is 6.92 Å². The topological polar surface area (TPSA) is 63.3 Å². The third-order valence-corrected chi connectivity index (χ3v) is 4.06. The summed E-state index contributed by atoms with van der Waals surface area (Å²) in [6.45, 7) is 18.8. The zero-order valence-electron chi connectivity index (χ0n) is 18.9. The van der Waals surface area contributed by atoms with Crippen LogP contribution in [0.1, 0.15) is 79.7 Å². The average molecular weight is 380 g/mol. The molecule has 0 saturated heterocycles. The summed E-state index contributed by atoms with van der Waals surface area (Å²) in [4.78, 5) is 10.5. The van der Waals surface area contributed by atoms with Crippen LogP contribution in [-0.2, 0) is 11.2 Å². The second-order valence-electron chi connectivity index (χ2n) is 6.30. The lowest BCUT2D eigenvalue weighted by Gasteiger charge is -2.09. The van der Waals surface area contributed by atoms with Crippen molar-refractivity contribution in [2.45, 2.75) is 80.6 Å². The zero-order valence-corrected chi connectivity index (χ0v) is 18.9. The van der Waals surface area contributed by atoms with Gasteiger partial charge in [-0.1, -0.05) is 90.4 Å². The van der Waals surface area contributed by atoms with Crippen LogP contribution < -0.4 is 5.73 Å². The number of hydrogen-bond acceptors (Lipinski definition) is 2. The van der Waals surface area contributed by atoms with Crippen molar-refractivity contribution in [3.05, 3.63) is 48.0 Å². The summed E-state index contributed by atoms with van der Waals surface area (Å²) in [5.41, 5.74) is 7.86. The highest BCUT2D eigenvalue weighted by Gasteiger charge is 2.09.